The number of aliphatic hydroxyl groups excluding tert-OH is 1. The van der Waals surface area contributed by atoms with Crippen molar-refractivity contribution in [3.63, 3.8) is 0 Å². The Balaban J connectivity index is 1.39. The van der Waals surface area contributed by atoms with Crippen LogP contribution < -0.4 is 4.74 Å². The van der Waals surface area contributed by atoms with Crippen LogP contribution in [0.25, 0.3) is 10.9 Å². The van der Waals surface area contributed by atoms with Crippen molar-refractivity contribution in [3.05, 3.63) is 36.0 Å². The zero-order valence-corrected chi connectivity index (χ0v) is 18.4. The van der Waals surface area contributed by atoms with Gasteiger partial charge in [0.1, 0.15) is 5.75 Å². The summed E-state index contributed by atoms with van der Waals surface area (Å²) >= 11 is 0. The van der Waals surface area contributed by atoms with Crippen molar-refractivity contribution in [2.24, 2.45) is 17.8 Å². The van der Waals surface area contributed by atoms with Crippen LogP contribution in [-0.2, 0) is 4.79 Å². The van der Waals surface area contributed by atoms with Crippen molar-refractivity contribution in [3.8, 4) is 5.75 Å². The van der Waals surface area contributed by atoms with Gasteiger partial charge in [-0.3, -0.25) is 9.78 Å². The first-order chi connectivity index (χ1) is 15.0. The molecule has 31 heavy (non-hydrogen) atoms. The third-order valence-corrected chi connectivity index (χ3v) is 7.12. The van der Waals surface area contributed by atoms with E-state index in [1.807, 2.05) is 24.3 Å². The molecule has 2 aliphatic rings. The van der Waals surface area contributed by atoms with Crippen LogP contribution in [0.15, 0.2) is 30.5 Å². The highest BCUT2D eigenvalue weighted by Crippen LogP contribution is 2.36. The van der Waals surface area contributed by atoms with E-state index in [0.717, 1.165) is 60.6 Å². The van der Waals surface area contributed by atoms with E-state index < -0.39 is 12.1 Å². The number of nitrogens with zero attached hydrogens (tertiary/aromatic N) is 2. The Morgan fingerprint density at radius 1 is 1.23 bits per heavy atom. The van der Waals surface area contributed by atoms with Crippen molar-refractivity contribution in [2.75, 3.05) is 26.7 Å². The number of carboxylic acids is 1. The van der Waals surface area contributed by atoms with Crippen molar-refractivity contribution in [1.82, 2.24) is 9.88 Å². The first-order valence-corrected chi connectivity index (χ1v) is 11.6. The molecular formula is C25H34N2O4. The molecule has 0 unspecified atom stereocenters. The molecule has 3 atom stereocenters. The van der Waals surface area contributed by atoms with Crippen LogP contribution in [0.5, 0.6) is 5.75 Å². The Morgan fingerprint density at radius 3 is 2.81 bits per heavy atom. The maximum Gasteiger partial charge on any atom is 0.303 e. The number of fused-ring (bicyclic) bond motifs is 1. The topological polar surface area (TPSA) is 82.9 Å². The van der Waals surface area contributed by atoms with Crippen LogP contribution in [0.2, 0.25) is 0 Å². The van der Waals surface area contributed by atoms with Crippen LogP contribution in [0.4, 0.5) is 0 Å². The van der Waals surface area contributed by atoms with Crippen molar-refractivity contribution >= 4 is 16.9 Å². The number of methoxy groups -OCH3 is 1. The summed E-state index contributed by atoms with van der Waals surface area (Å²) in [7, 11) is 1.63. The summed E-state index contributed by atoms with van der Waals surface area (Å²) < 4.78 is 5.34. The lowest BCUT2D eigenvalue weighted by atomic mass is 9.79. The fraction of sp³-hybridized carbons (Fsp3) is 0.600. The predicted octanol–water partition coefficient (Wildman–Crippen LogP) is 4.27. The second kappa shape index (κ2) is 9.96. The molecule has 1 saturated heterocycles. The molecule has 1 aliphatic heterocycles. The number of benzene rings is 1. The number of carbonyl (C=O) groups is 1. The average molecular weight is 427 g/mol. The second-order valence-electron chi connectivity index (χ2n) is 9.32. The summed E-state index contributed by atoms with van der Waals surface area (Å²) in [5.74, 6) is 1.43. The average Bonchev–Trinajstić information content (AvgIpc) is 3.60. The molecule has 1 aliphatic carbocycles. The molecule has 2 N–H and O–H groups in total. The Morgan fingerprint density at radius 2 is 2.06 bits per heavy atom. The van der Waals surface area contributed by atoms with Crippen molar-refractivity contribution < 1.29 is 19.7 Å². The number of aliphatic carboxylic acids is 1. The fourth-order valence-electron chi connectivity index (χ4n) is 5.06. The smallest absolute Gasteiger partial charge is 0.303 e. The normalized spacial score (nSPS) is 23.0. The standard InChI is InChI=1S/C25H34N2O4/c1-31-20-5-6-23-22(15-20)21(8-11-26-23)24(28)7-4-18-10-13-27(12-9-17-2-3-17)16-19(18)14-25(29)30/h5-6,8,11,15,17-19,24,28H,2-4,7,9-10,12-14,16H2,1H3,(H,29,30)/t18-,19+,24+/m1/s1. The summed E-state index contributed by atoms with van der Waals surface area (Å²) in [6.07, 6.45) is 7.81. The third-order valence-electron chi connectivity index (χ3n) is 7.12. The molecule has 0 amide bonds. The van der Waals surface area contributed by atoms with E-state index in [9.17, 15) is 15.0 Å². The third kappa shape index (κ3) is 5.74. The van der Waals surface area contributed by atoms with E-state index in [-0.39, 0.29) is 12.3 Å². The van der Waals surface area contributed by atoms with E-state index in [1.165, 1.54) is 19.3 Å². The summed E-state index contributed by atoms with van der Waals surface area (Å²) in [4.78, 5) is 18.3. The van der Waals surface area contributed by atoms with E-state index in [0.29, 0.717) is 12.3 Å². The second-order valence-corrected chi connectivity index (χ2v) is 9.32. The zero-order chi connectivity index (χ0) is 21.8. The van der Waals surface area contributed by atoms with Crippen LogP contribution in [0.3, 0.4) is 0 Å². The molecule has 1 aromatic carbocycles. The molecule has 0 spiro atoms. The number of hydrogen-bond acceptors (Lipinski definition) is 5. The highest BCUT2D eigenvalue weighted by atomic mass is 16.5. The number of likely N-dealkylation sites (tertiary alicyclic amines) is 1. The summed E-state index contributed by atoms with van der Waals surface area (Å²) in [5.41, 5.74) is 1.70. The lowest BCUT2D eigenvalue weighted by molar-refractivity contribution is -0.139. The van der Waals surface area contributed by atoms with Crippen LogP contribution in [0.1, 0.15) is 56.6 Å². The molecule has 0 radical (unpaired) electrons. The predicted molar refractivity (Wildman–Crippen MR) is 120 cm³/mol. The number of ether oxygens (including phenoxy) is 1. The summed E-state index contributed by atoms with van der Waals surface area (Å²) in [6.45, 7) is 3.01. The number of pyridine rings is 1. The van der Waals surface area contributed by atoms with E-state index >= 15 is 0 Å². The molecule has 2 fully saturated rings. The van der Waals surface area contributed by atoms with Gasteiger partial charge in [-0.05, 0) is 86.4 Å². The molecule has 2 heterocycles. The Hall–Kier alpha value is -2.18. The minimum atomic E-state index is -0.716. The van der Waals surface area contributed by atoms with Gasteiger partial charge in [0.05, 0.1) is 18.7 Å². The van der Waals surface area contributed by atoms with Gasteiger partial charge < -0.3 is 19.8 Å². The maximum atomic E-state index is 11.5. The van der Waals surface area contributed by atoms with Gasteiger partial charge in [0.2, 0.25) is 0 Å². The Labute approximate surface area is 184 Å². The maximum absolute atomic E-state index is 11.5. The molecule has 1 saturated carbocycles. The van der Waals surface area contributed by atoms with Crippen molar-refractivity contribution in [2.45, 2.75) is 51.0 Å². The highest BCUT2D eigenvalue weighted by molar-refractivity contribution is 5.83. The van der Waals surface area contributed by atoms with E-state index in [4.69, 9.17) is 4.74 Å². The molecule has 6 nitrogen and oxygen atoms in total. The lowest BCUT2D eigenvalue weighted by Crippen LogP contribution is -2.42. The summed E-state index contributed by atoms with van der Waals surface area (Å²) in [6, 6.07) is 7.58. The molecule has 1 aromatic heterocycles. The van der Waals surface area contributed by atoms with Gasteiger partial charge in [-0.25, -0.2) is 0 Å². The first-order valence-electron chi connectivity index (χ1n) is 11.6. The number of aliphatic hydroxyl groups is 1. The Bertz CT molecular complexity index is 898. The molecule has 6 heteroatoms. The van der Waals surface area contributed by atoms with Crippen LogP contribution in [0, 0.1) is 17.8 Å². The zero-order valence-electron chi connectivity index (χ0n) is 18.4. The summed E-state index contributed by atoms with van der Waals surface area (Å²) in [5, 5.41) is 21.3. The van der Waals surface area contributed by atoms with Crippen LogP contribution >= 0.6 is 0 Å². The van der Waals surface area contributed by atoms with Gasteiger partial charge in [0, 0.05) is 24.5 Å². The van der Waals surface area contributed by atoms with Crippen molar-refractivity contribution in [1.29, 1.82) is 0 Å². The number of piperidine rings is 1. The minimum Gasteiger partial charge on any atom is -0.497 e. The van der Waals surface area contributed by atoms with E-state index in [1.54, 1.807) is 13.3 Å². The molecule has 168 valence electrons. The van der Waals surface area contributed by atoms with Crippen LogP contribution in [-0.4, -0.2) is 52.8 Å². The monoisotopic (exact) mass is 426 g/mol. The van der Waals surface area contributed by atoms with E-state index in [2.05, 4.69) is 9.88 Å². The van der Waals surface area contributed by atoms with Gasteiger partial charge in [-0.2, -0.15) is 0 Å². The highest BCUT2D eigenvalue weighted by Gasteiger charge is 2.32. The van der Waals surface area contributed by atoms with Gasteiger partial charge in [0.15, 0.2) is 0 Å². The largest absolute Gasteiger partial charge is 0.497 e. The minimum absolute atomic E-state index is 0.159. The number of carboxylic acid groups (broad SMARTS) is 1. The van der Waals surface area contributed by atoms with Gasteiger partial charge in [0.25, 0.3) is 0 Å². The number of rotatable bonds is 10. The SMILES string of the molecule is COc1ccc2nccc([C@@H](O)CC[C@@H]3CCN(CCC4CC4)C[C@@H]3CC(=O)O)c2c1. The Kier molecular flexibility index (Phi) is 7.08. The fourth-order valence-corrected chi connectivity index (χ4v) is 5.06. The quantitative estimate of drug-likeness (QED) is 0.590. The first kappa shape index (κ1) is 22.0. The number of aromatic nitrogens is 1. The lowest BCUT2D eigenvalue weighted by Gasteiger charge is -2.38. The van der Waals surface area contributed by atoms with Gasteiger partial charge >= 0.3 is 5.97 Å². The molecule has 2 aromatic rings. The number of hydrogen-bond donors (Lipinski definition) is 2. The molecule has 4 rings (SSSR count). The molecular weight excluding hydrogens is 392 g/mol. The molecule has 0 bridgehead atoms. The van der Waals surface area contributed by atoms with Gasteiger partial charge in [-0.1, -0.05) is 12.8 Å². The van der Waals surface area contributed by atoms with Gasteiger partial charge in [-0.15, -0.1) is 0 Å².